The largest absolute Gasteiger partial charge is 0.307 e. The Morgan fingerprint density at radius 3 is 2.76 bits per heavy atom. The minimum absolute atomic E-state index is 0.171. The van der Waals surface area contributed by atoms with Crippen molar-refractivity contribution >= 4 is 22.8 Å². The fourth-order valence-corrected chi connectivity index (χ4v) is 2.99. The van der Waals surface area contributed by atoms with E-state index in [4.69, 9.17) is 4.98 Å². The van der Waals surface area contributed by atoms with Crippen LogP contribution in [0, 0.1) is 6.92 Å². The number of carbonyl (C=O) groups excluding carboxylic acids is 1. The van der Waals surface area contributed by atoms with Crippen molar-refractivity contribution in [3.05, 3.63) is 47.4 Å². The molecule has 3 aromatic rings. The number of pyridine rings is 2. The van der Waals surface area contributed by atoms with Gasteiger partial charge in [-0.1, -0.05) is 6.07 Å². The second-order valence-corrected chi connectivity index (χ2v) is 6.91. The maximum Gasteiger partial charge on any atom is 0.257 e. The van der Waals surface area contributed by atoms with Crippen LogP contribution in [0.2, 0.25) is 0 Å². The topological polar surface area (TPSA) is 72.7 Å². The van der Waals surface area contributed by atoms with Crippen molar-refractivity contribution in [2.45, 2.75) is 45.6 Å². The second kappa shape index (κ2) is 5.95. The number of nitrogens with zero attached hydrogens (tertiary/aromatic N) is 4. The van der Waals surface area contributed by atoms with Gasteiger partial charge in [-0.3, -0.25) is 4.79 Å². The van der Waals surface area contributed by atoms with Crippen molar-refractivity contribution in [2.75, 3.05) is 5.32 Å². The van der Waals surface area contributed by atoms with Gasteiger partial charge in [0.2, 0.25) is 0 Å². The van der Waals surface area contributed by atoms with Crippen molar-refractivity contribution in [3.8, 4) is 0 Å². The van der Waals surface area contributed by atoms with Crippen LogP contribution in [0.4, 0.5) is 5.82 Å². The van der Waals surface area contributed by atoms with E-state index in [1.54, 1.807) is 12.3 Å². The van der Waals surface area contributed by atoms with Crippen LogP contribution in [0.25, 0.3) is 11.0 Å². The molecule has 4 rings (SSSR count). The van der Waals surface area contributed by atoms with E-state index in [2.05, 4.69) is 29.2 Å². The summed E-state index contributed by atoms with van der Waals surface area (Å²) in [5.74, 6) is 0.846. The number of nitrogens with one attached hydrogen (secondary N) is 1. The third-order valence-corrected chi connectivity index (χ3v) is 4.45. The number of aryl methyl sites for hydroxylation is 1. The normalized spacial score (nSPS) is 14.2. The lowest BCUT2D eigenvalue weighted by Crippen LogP contribution is -2.15. The standard InChI is InChI=1S/C19H21N5O/c1-11(2)24-18-15(10-20-24)14(9-16(22-18)13-7-8-13)19(25)23-17-6-4-5-12(3)21-17/h4-6,9-11,13H,7-8H2,1-3H3,(H,21,23,25). The Labute approximate surface area is 146 Å². The van der Waals surface area contributed by atoms with Crippen LogP contribution in [0.3, 0.4) is 0 Å². The summed E-state index contributed by atoms with van der Waals surface area (Å²) in [6, 6.07) is 7.68. The van der Waals surface area contributed by atoms with Crippen LogP contribution in [0.1, 0.15) is 60.4 Å². The quantitative estimate of drug-likeness (QED) is 0.786. The van der Waals surface area contributed by atoms with E-state index in [0.717, 1.165) is 35.3 Å². The van der Waals surface area contributed by atoms with Gasteiger partial charge in [-0.05, 0) is 51.8 Å². The average Bonchev–Trinajstić information content (AvgIpc) is 3.32. The zero-order chi connectivity index (χ0) is 17.6. The number of anilines is 1. The number of hydrogen-bond acceptors (Lipinski definition) is 4. The Bertz CT molecular complexity index is 956. The molecule has 6 heteroatoms. The summed E-state index contributed by atoms with van der Waals surface area (Å²) in [5, 5.41) is 8.12. The molecule has 1 N–H and O–H groups in total. The van der Waals surface area contributed by atoms with Crippen LogP contribution in [-0.2, 0) is 0 Å². The first-order valence-corrected chi connectivity index (χ1v) is 8.66. The summed E-state index contributed by atoms with van der Waals surface area (Å²) in [6.07, 6.45) is 4.00. The second-order valence-electron chi connectivity index (χ2n) is 6.91. The van der Waals surface area contributed by atoms with E-state index in [9.17, 15) is 4.79 Å². The summed E-state index contributed by atoms with van der Waals surface area (Å²) in [7, 11) is 0. The molecule has 3 aromatic heterocycles. The molecule has 0 saturated heterocycles. The van der Waals surface area contributed by atoms with Gasteiger partial charge in [0.25, 0.3) is 5.91 Å². The number of amides is 1. The molecule has 0 atom stereocenters. The van der Waals surface area contributed by atoms with E-state index in [1.807, 2.05) is 29.8 Å². The van der Waals surface area contributed by atoms with Crippen LogP contribution in [0.5, 0.6) is 0 Å². The monoisotopic (exact) mass is 335 g/mol. The maximum atomic E-state index is 12.9. The molecule has 1 saturated carbocycles. The van der Waals surface area contributed by atoms with Crippen molar-refractivity contribution < 1.29 is 4.79 Å². The molecule has 0 spiro atoms. The van der Waals surface area contributed by atoms with E-state index in [-0.39, 0.29) is 11.9 Å². The number of aromatic nitrogens is 4. The van der Waals surface area contributed by atoms with Crippen molar-refractivity contribution in [1.82, 2.24) is 19.7 Å². The first-order chi connectivity index (χ1) is 12.0. The zero-order valence-electron chi connectivity index (χ0n) is 14.7. The summed E-state index contributed by atoms with van der Waals surface area (Å²) in [5.41, 5.74) is 3.24. The van der Waals surface area contributed by atoms with Gasteiger partial charge in [-0.15, -0.1) is 0 Å². The Kier molecular flexibility index (Phi) is 3.75. The number of fused-ring (bicyclic) bond motifs is 1. The first-order valence-electron chi connectivity index (χ1n) is 8.66. The van der Waals surface area contributed by atoms with Gasteiger partial charge in [-0.25, -0.2) is 14.6 Å². The van der Waals surface area contributed by atoms with Gasteiger partial charge in [0.1, 0.15) is 5.82 Å². The van der Waals surface area contributed by atoms with E-state index < -0.39 is 0 Å². The van der Waals surface area contributed by atoms with Gasteiger partial charge in [0.05, 0.1) is 17.1 Å². The third-order valence-electron chi connectivity index (χ3n) is 4.45. The van der Waals surface area contributed by atoms with E-state index in [0.29, 0.717) is 17.3 Å². The van der Waals surface area contributed by atoms with Crippen LogP contribution >= 0.6 is 0 Å². The Morgan fingerprint density at radius 1 is 1.28 bits per heavy atom. The van der Waals surface area contributed by atoms with Crippen molar-refractivity contribution in [3.63, 3.8) is 0 Å². The predicted octanol–water partition coefficient (Wildman–Crippen LogP) is 3.85. The number of rotatable bonds is 4. The van der Waals surface area contributed by atoms with Gasteiger partial charge in [0, 0.05) is 23.3 Å². The molecule has 6 nitrogen and oxygen atoms in total. The average molecular weight is 335 g/mol. The zero-order valence-corrected chi connectivity index (χ0v) is 14.7. The molecule has 1 fully saturated rings. The minimum Gasteiger partial charge on any atom is -0.307 e. The molecule has 0 aliphatic heterocycles. The summed E-state index contributed by atoms with van der Waals surface area (Å²) in [4.78, 5) is 22.0. The highest BCUT2D eigenvalue weighted by Crippen LogP contribution is 2.40. The van der Waals surface area contributed by atoms with Crippen LogP contribution in [-0.4, -0.2) is 25.7 Å². The molecule has 25 heavy (non-hydrogen) atoms. The lowest BCUT2D eigenvalue weighted by molar-refractivity contribution is 0.102. The Hall–Kier alpha value is -2.76. The maximum absolute atomic E-state index is 12.9. The fourth-order valence-electron chi connectivity index (χ4n) is 2.99. The van der Waals surface area contributed by atoms with Crippen LogP contribution < -0.4 is 5.32 Å². The lowest BCUT2D eigenvalue weighted by atomic mass is 10.1. The molecule has 0 aromatic carbocycles. The highest BCUT2D eigenvalue weighted by molar-refractivity contribution is 6.11. The molecule has 3 heterocycles. The summed E-state index contributed by atoms with van der Waals surface area (Å²) < 4.78 is 1.88. The Morgan fingerprint density at radius 2 is 2.08 bits per heavy atom. The molecule has 1 aliphatic carbocycles. The van der Waals surface area contributed by atoms with E-state index in [1.165, 1.54) is 0 Å². The SMILES string of the molecule is Cc1cccc(NC(=O)c2cc(C3CC3)nc3c2cnn3C(C)C)n1. The highest BCUT2D eigenvalue weighted by atomic mass is 16.1. The Balaban J connectivity index is 1.78. The summed E-state index contributed by atoms with van der Waals surface area (Å²) >= 11 is 0. The summed E-state index contributed by atoms with van der Waals surface area (Å²) in [6.45, 7) is 6.03. The van der Waals surface area contributed by atoms with Gasteiger partial charge < -0.3 is 5.32 Å². The molecular weight excluding hydrogens is 314 g/mol. The molecular formula is C19H21N5O. The molecule has 1 aliphatic rings. The number of hydrogen-bond donors (Lipinski definition) is 1. The molecule has 0 radical (unpaired) electrons. The van der Waals surface area contributed by atoms with Gasteiger partial charge in [-0.2, -0.15) is 5.10 Å². The molecule has 0 bridgehead atoms. The first kappa shape index (κ1) is 15.7. The fraction of sp³-hybridized carbons (Fsp3) is 0.368. The molecule has 128 valence electrons. The molecule has 1 amide bonds. The lowest BCUT2D eigenvalue weighted by Gasteiger charge is -2.10. The van der Waals surface area contributed by atoms with Gasteiger partial charge >= 0.3 is 0 Å². The smallest absolute Gasteiger partial charge is 0.257 e. The van der Waals surface area contributed by atoms with Crippen molar-refractivity contribution in [2.24, 2.45) is 0 Å². The number of carbonyl (C=O) groups is 1. The highest BCUT2D eigenvalue weighted by Gasteiger charge is 2.28. The minimum atomic E-state index is -0.171. The van der Waals surface area contributed by atoms with Crippen molar-refractivity contribution in [1.29, 1.82) is 0 Å². The third kappa shape index (κ3) is 2.99. The predicted molar refractivity (Wildman–Crippen MR) is 96.8 cm³/mol. The van der Waals surface area contributed by atoms with E-state index >= 15 is 0 Å². The van der Waals surface area contributed by atoms with Crippen LogP contribution in [0.15, 0.2) is 30.5 Å². The molecule has 0 unspecified atom stereocenters. The van der Waals surface area contributed by atoms with Gasteiger partial charge in [0.15, 0.2) is 5.65 Å².